The first-order chi connectivity index (χ1) is 11.2. The van der Waals surface area contributed by atoms with Gasteiger partial charge in [0.05, 0.1) is 12.5 Å². The quantitative estimate of drug-likeness (QED) is 0.587. The molecule has 4 atom stereocenters. The van der Waals surface area contributed by atoms with E-state index < -0.39 is 48.0 Å². The van der Waals surface area contributed by atoms with Gasteiger partial charge in [0.1, 0.15) is 18.3 Å². The summed E-state index contributed by atoms with van der Waals surface area (Å²) in [5.41, 5.74) is 0. The van der Waals surface area contributed by atoms with E-state index in [2.05, 4.69) is 5.32 Å². The van der Waals surface area contributed by atoms with Crippen LogP contribution in [-0.4, -0.2) is 53.1 Å². The molecule has 0 saturated carbocycles. The SMILES string of the molecule is CC1CC(=O)O[C@@H](C)[C@H](O)/C=C/C(=O)N[C@@H](C)C(=O)/C=C/C(=O)O1. The molecule has 2 N–H and O–H groups in total. The molecule has 0 radical (unpaired) electrons. The maximum absolute atomic E-state index is 11.8. The lowest BCUT2D eigenvalue weighted by atomic mass is 10.2. The van der Waals surface area contributed by atoms with E-state index in [9.17, 15) is 24.3 Å². The van der Waals surface area contributed by atoms with Gasteiger partial charge in [0, 0.05) is 12.2 Å². The number of hydrogen-bond donors (Lipinski definition) is 2. The van der Waals surface area contributed by atoms with Gasteiger partial charge in [-0.2, -0.15) is 0 Å². The molecule has 0 bridgehead atoms. The Balaban J connectivity index is 2.93. The highest BCUT2D eigenvalue weighted by Gasteiger charge is 2.21. The van der Waals surface area contributed by atoms with Crippen molar-refractivity contribution in [2.75, 3.05) is 0 Å². The molecule has 24 heavy (non-hydrogen) atoms. The molecule has 1 unspecified atom stereocenters. The number of rotatable bonds is 0. The van der Waals surface area contributed by atoms with Crippen molar-refractivity contribution in [2.45, 2.75) is 51.5 Å². The second-order valence-corrected chi connectivity index (χ2v) is 5.46. The third-order valence-electron chi connectivity index (χ3n) is 3.18. The van der Waals surface area contributed by atoms with Gasteiger partial charge < -0.3 is 19.9 Å². The highest BCUT2D eigenvalue weighted by molar-refractivity contribution is 6.01. The van der Waals surface area contributed by atoms with Gasteiger partial charge in [-0.05, 0) is 32.9 Å². The number of ether oxygens (including phenoxy) is 2. The molecule has 0 aromatic carbocycles. The van der Waals surface area contributed by atoms with Crippen LogP contribution in [0.5, 0.6) is 0 Å². The summed E-state index contributed by atoms with van der Waals surface area (Å²) in [6.45, 7) is 4.41. The van der Waals surface area contributed by atoms with Crippen molar-refractivity contribution in [3.05, 3.63) is 24.3 Å². The second kappa shape index (κ2) is 8.97. The summed E-state index contributed by atoms with van der Waals surface area (Å²) in [5.74, 6) is -2.56. The molecule has 0 fully saturated rings. The number of carbonyl (C=O) groups excluding carboxylic acids is 4. The van der Waals surface area contributed by atoms with E-state index >= 15 is 0 Å². The van der Waals surface area contributed by atoms with Crippen molar-refractivity contribution >= 4 is 23.6 Å². The fraction of sp³-hybridized carbons (Fsp3) is 0.500. The van der Waals surface area contributed by atoms with E-state index in [1.165, 1.54) is 20.8 Å². The molecule has 0 spiro atoms. The summed E-state index contributed by atoms with van der Waals surface area (Å²) in [7, 11) is 0. The lowest BCUT2D eigenvalue weighted by Crippen LogP contribution is -2.37. The monoisotopic (exact) mass is 339 g/mol. The fourth-order valence-corrected chi connectivity index (χ4v) is 1.81. The highest BCUT2D eigenvalue weighted by Crippen LogP contribution is 2.07. The Hall–Kier alpha value is -2.48. The predicted molar refractivity (Wildman–Crippen MR) is 82.6 cm³/mol. The molecule has 0 aromatic heterocycles. The Bertz CT molecular complexity index is 567. The van der Waals surface area contributed by atoms with Crippen LogP contribution in [0.1, 0.15) is 27.2 Å². The molecule has 0 aliphatic carbocycles. The molecule has 0 saturated heterocycles. The van der Waals surface area contributed by atoms with E-state index in [4.69, 9.17) is 9.47 Å². The fourth-order valence-electron chi connectivity index (χ4n) is 1.81. The zero-order valence-corrected chi connectivity index (χ0v) is 13.7. The van der Waals surface area contributed by atoms with Crippen molar-refractivity contribution in [3.8, 4) is 0 Å². The number of nitrogens with one attached hydrogen (secondary N) is 1. The first-order valence-corrected chi connectivity index (χ1v) is 7.47. The molecule has 0 aromatic rings. The zero-order valence-electron chi connectivity index (χ0n) is 13.7. The van der Waals surface area contributed by atoms with E-state index in [0.717, 1.165) is 24.3 Å². The summed E-state index contributed by atoms with van der Waals surface area (Å²) in [6.07, 6.45) is 1.08. The van der Waals surface area contributed by atoms with Crippen LogP contribution in [0, 0.1) is 0 Å². The Morgan fingerprint density at radius 1 is 1.04 bits per heavy atom. The van der Waals surface area contributed by atoms with Crippen molar-refractivity contribution in [1.82, 2.24) is 5.32 Å². The van der Waals surface area contributed by atoms with Gasteiger partial charge in [0.25, 0.3) is 0 Å². The third kappa shape index (κ3) is 6.74. The van der Waals surface area contributed by atoms with Gasteiger partial charge >= 0.3 is 11.9 Å². The van der Waals surface area contributed by atoms with Crippen LogP contribution in [-0.2, 0) is 28.7 Å². The second-order valence-electron chi connectivity index (χ2n) is 5.46. The molecule has 132 valence electrons. The normalized spacial score (nSPS) is 33.2. The summed E-state index contributed by atoms with van der Waals surface area (Å²) in [4.78, 5) is 46.7. The molecule has 8 nitrogen and oxygen atoms in total. The molecular weight excluding hydrogens is 318 g/mol. The van der Waals surface area contributed by atoms with Crippen LogP contribution >= 0.6 is 0 Å². The Kier molecular flexibility index (Phi) is 7.31. The molecule has 1 amide bonds. The first kappa shape index (κ1) is 19.6. The topological polar surface area (TPSA) is 119 Å². The summed E-state index contributed by atoms with van der Waals surface area (Å²) >= 11 is 0. The maximum Gasteiger partial charge on any atom is 0.331 e. The number of esters is 2. The van der Waals surface area contributed by atoms with Gasteiger partial charge in [-0.1, -0.05) is 0 Å². The van der Waals surface area contributed by atoms with Crippen LogP contribution in [0.4, 0.5) is 0 Å². The van der Waals surface area contributed by atoms with E-state index in [-0.39, 0.29) is 6.42 Å². The number of cyclic esters (lactones) is 2. The number of aliphatic hydroxyl groups excluding tert-OH is 1. The number of carbonyl (C=O) groups is 4. The Morgan fingerprint density at radius 2 is 1.71 bits per heavy atom. The number of amides is 1. The number of ketones is 1. The van der Waals surface area contributed by atoms with E-state index in [1.54, 1.807) is 0 Å². The van der Waals surface area contributed by atoms with E-state index in [1.807, 2.05) is 0 Å². The van der Waals surface area contributed by atoms with Gasteiger partial charge in [-0.15, -0.1) is 0 Å². The number of aliphatic hydroxyl groups is 1. The Labute approximate surface area is 139 Å². The van der Waals surface area contributed by atoms with Crippen molar-refractivity contribution in [3.63, 3.8) is 0 Å². The standard InChI is InChI=1S/C16H21NO7/c1-9-8-16(22)24-11(3)13(19)4-6-14(20)17-10(2)12(18)5-7-15(21)23-9/h4-7,9-11,13,19H,8H2,1-3H3,(H,17,20)/b6-4+,7-5+/t9?,10-,11-,13+/m0/s1. The minimum atomic E-state index is -1.20. The summed E-state index contributed by atoms with van der Waals surface area (Å²) < 4.78 is 9.95. The van der Waals surface area contributed by atoms with Gasteiger partial charge in [-0.25, -0.2) is 4.79 Å². The van der Waals surface area contributed by atoms with Crippen LogP contribution in [0.25, 0.3) is 0 Å². The maximum atomic E-state index is 11.8. The van der Waals surface area contributed by atoms with Crippen LogP contribution < -0.4 is 5.32 Å². The van der Waals surface area contributed by atoms with Crippen molar-refractivity contribution < 1.29 is 33.8 Å². The average Bonchev–Trinajstić information content (AvgIpc) is 2.48. The highest BCUT2D eigenvalue weighted by atomic mass is 16.6. The smallest absolute Gasteiger partial charge is 0.331 e. The molecule has 1 aliphatic rings. The summed E-state index contributed by atoms with van der Waals surface area (Å²) in [5, 5.41) is 12.2. The van der Waals surface area contributed by atoms with Crippen molar-refractivity contribution in [1.29, 1.82) is 0 Å². The predicted octanol–water partition coefficient (Wildman–Crippen LogP) is -0.199. The van der Waals surface area contributed by atoms with Gasteiger partial charge in [0.15, 0.2) is 5.78 Å². The third-order valence-corrected chi connectivity index (χ3v) is 3.18. The summed E-state index contributed by atoms with van der Waals surface area (Å²) in [6, 6.07) is -0.857. The number of hydrogen-bond acceptors (Lipinski definition) is 7. The Morgan fingerprint density at radius 3 is 2.38 bits per heavy atom. The lowest BCUT2D eigenvalue weighted by Gasteiger charge is -2.18. The first-order valence-electron chi connectivity index (χ1n) is 7.47. The average molecular weight is 339 g/mol. The van der Waals surface area contributed by atoms with Crippen LogP contribution in [0.15, 0.2) is 24.3 Å². The lowest BCUT2D eigenvalue weighted by molar-refractivity contribution is -0.157. The zero-order chi connectivity index (χ0) is 18.3. The largest absolute Gasteiger partial charge is 0.459 e. The molecular formula is C16H21NO7. The minimum absolute atomic E-state index is 0.203. The van der Waals surface area contributed by atoms with E-state index in [0.29, 0.717) is 0 Å². The molecule has 1 heterocycles. The van der Waals surface area contributed by atoms with Gasteiger partial charge in [-0.3, -0.25) is 14.4 Å². The van der Waals surface area contributed by atoms with Gasteiger partial charge in [0.2, 0.25) is 5.91 Å². The van der Waals surface area contributed by atoms with Crippen molar-refractivity contribution in [2.24, 2.45) is 0 Å². The minimum Gasteiger partial charge on any atom is -0.459 e. The van der Waals surface area contributed by atoms with Crippen LogP contribution in [0.2, 0.25) is 0 Å². The molecule has 1 rings (SSSR count). The van der Waals surface area contributed by atoms with Crippen LogP contribution in [0.3, 0.4) is 0 Å². The molecule has 8 heteroatoms. The molecule has 1 aliphatic heterocycles.